The van der Waals surface area contributed by atoms with Crippen molar-refractivity contribution in [3.63, 3.8) is 0 Å². The monoisotopic (exact) mass is 274 g/mol. The molecular weight excluding hydrogens is 256 g/mol. The van der Waals surface area contributed by atoms with Crippen LogP contribution in [0.3, 0.4) is 0 Å². The standard InChI is InChI=1S/C15H18N2O3/c1-3-20-10(2)9-16-13-8-14(15(18)19)17-12-7-5-4-6-11(12)13/h4-8,10H,3,9H2,1-2H3,(H,16,17)(H,18,19). The van der Waals surface area contributed by atoms with Crippen LogP contribution in [0.4, 0.5) is 5.69 Å². The number of carbonyl (C=O) groups is 1. The molecule has 5 nitrogen and oxygen atoms in total. The minimum Gasteiger partial charge on any atom is -0.477 e. The third-order valence-corrected chi connectivity index (χ3v) is 2.97. The molecule has 0 saturated carbocycles. The van der Waals surface area contributed by atoms with Crippen molar-refractivity contribution < 1.29 is 14.6 Å². The summed E-state index contributed by atoms with van der Waals surface area (Å²) in [5, 5.41) is 13.3. The Hall–Kier alpha value is -2.14. The second-order valence-corrected chi connectivity index (χ2v) is 4.52. The van der Waals surface area contributed by atoms with E-state index in [-0.39, 0.29) is 11.8 Å². The Morgan fingerprint density at radius 3 is 2.90 bits per heavy atom. The van der Waals surface area contributed by atoms with Gasteiger partial charge >= 0.3 is 5.97 Å². The molecule has 0 aliphatic rings. The number of nitrogens with one attached hydrogen (secondary N) is 1. The second kappa shape index (κ2) is 6.34. The topological polar surface area (TPSA) is 71.5 Å². The highest BCUT2D eigenvalue weighted by Crippen LogP contribution is 2.23. The lowest BCUT2D eigenvalue weighted by molar-refractivity contribution is 0.0691. The zero-order valence-electron chi connectivity index (χ0n) is 11.6. The number of fused-ring (bicyclic) bond motifs is 1. The van der Waals surface area contributed by atoms with Crippen molar-refractivity contribution in [1.82, 2.24) is 4.98 Å². The van der Waals surface area contributed by atoms with E-state index in [0.717, 1.165) is 11.1 Å². The maximum absolute atomic E-state index is 11.1. The number of benzene rings is 1. The van der Waals surface area contributed by atoms with Gasteiger partial charge in [0.15, 0.2) is 5.69 Å². The van der Waals surface area contributed by atoms with Crippen molar-refractivity contribution in [2.24, 2.45) is 0 Å². The zero-order chi connectivity index (χ0) is 14.5. The first-order valence-corrected chi connectivity index (χ1v) is 6.60. The Kier molecular flexibility index (Phi) is 4.53. The number of aromatic carboxylic acids is 1. The fourth-order valence-corrected chi connectivity index (χ4v) is 2.03. The molecule has 2 N–H and O–H groups in total. The maximum atomic E-state index is 11.1. The SMILES string of the molecule is CCOC(C)CNc1cc(C(=O)O)nc2ccccc12. The molecule has 0 aliphatic heterocycles. The van der Waals surface area contributed by atoms with Crippen LogP contribution < -0.4 is 5.32 Å². The molecular formula is C15H18N2O3. The predicted octanol–water partition coefficient (Wildman–Crippen LogP) is 2.77. The summed E-state index contributed by atoms with van der Waals surface area (Å²) in [6.07, 6.45) is 0.0557. The first-order valence-electron chi connectivity index (χ1n) is 6.60. The minimum absolute atomic E-state index is 0.0373. The van der Waals surface area contributed by atoms with Crippen LogP contribution in [-0.4, -0.2) is 35.3 Å². The molecule has 20 heavy (non-hydrogen) atoms. The molecule has 0 spiro atoms. The lowest BCUT2D eigenvalue weighted by Crippen LogP contribution is -2.20. The molecule has 0 bridgehead atoms. The number of hydrogen-bond acceptors (Lipinski definition) is 4. The molecule has 1 heterocycles. The van der Waals surface area contributed by atoms with Gasteiger partial charge in [0, 0.05) is 24.2 Å². The van der Waals surface area contributed by atoms with Gasteiger partial charge in [0.2, 0.25) is 0 Å². The highest BCUT2D eigenvalue weighted by atomic mass is 16.5. The van der Waals surface area contributed by atoms with Gasteiger partial charge in [-0.25, -0.2) is 9.78 Å². The average molecular weight is 274 g/mol. The molecule has 1 atom stereocenters. The van der Waals surface area contributed by atoms with E-state index in [9.17, 15) is 4.79 Å². The minimum atomic E-state index is -1.03. The number of ether oxygens (including phenoxy) is 1. The Morgan fingerprint density at radius 1 is 1.45 bits per heavy atom. The molecule has 2 aromatic rings. The molecule has 5 heteroatoms. The van der Waals surface area contributed by atoms with Crippen LogP contribution in [-0.2, 0) is 4.74 Å². The molecule has 0 fully saturated rings. The summed E-state index contributed by atoms with van der Waals surface area (Å²) in [4.78, 5) is 15.3. The van der Waals surface area contributed by atoms with Crippen molar-refractivity contribution >= 4 is 22.6 Å². The van der Waals surface area contributed by atoms with Crippen LogP contribution in [0.15, 0.2) is 30.3 Å². The van der Waals surface area contributed by atoms with Crippen molar-refractivity contribution in [3.8, 4) is 0 Å². The molecule has 106 valence electrons. The largest absolute Gasteiger partial charge is 0.477 e. The Balaban J connectivity index is 2.32. The summed E-state index contributed by atoms with van der Waals surface area (Å²) in [7, 11) is 0. The number of carboxylic acids is 1. The van der Waals surface area contributed by atoms with Crippen LogP contribution in [0, 0.1) is 0 Å². The smallest absolute Gasteiger partial charge is 0.354 e. The lowest BCUT2D eigenvalue weighted by Gasteiger charge is -2.15. The molecule has 2 rings (SSSR count). The summed E-state index contributed by atoms with van der Waals surface area (Å²) in [6, 6.07) is 9.03. The van der Waals surface area contributed by atoms with E-state index in [4.69, 9.17) is 9.84 Å². The molecule has 1 unspecified atom stereocenters. The van der Waals surface area contributed by atoms with Crippen LogP contribution in [0.2, 0.25) is 0 Å². The van der Waals surface area contributed by atoms with Gasteiger partial charge in [0.25, 0.3) is 0 Å². The summed E-state index contributed by atoms with van der Waals surface area (Å²) in [6.45, 7) is 5.18. The lowest BCUT2D eigenvalue weighted by atomic mass is 10.1. The Labute approximate surface area is 117 Å². The van der Waals surface area contributed by atoms with E-state index < -0.39 is 5.97 Å². The van der Waals surface area contributed by atoms with Gasteiger partial charge in [0.05, 0.1) is 11.6 Å². The maximum Gasteiger partial charge on any atom is 0.354 e. The summed E-state index contributed by atoms with van der Waals surface area (Å²) in [5.41, 5.74) is 1.47. The number of carboxylic acid groups (broad SMARTS) is 1. The Morgan fingerprint density at radius 2 is 2.20 bits per heavy atom. The third kappa shape index (κ3) is 3.24. The fourth-order valence-electron chi connectivity index (χ4n) is 2.03. The number of nitrogens with zero attached hydrogens (tertiary/aromatic N) is 1. The molecule has 1 aromatic heterocycles. The number of anilines is 1. The molecule has 0 saturated heterocycles. The highest BCUT2D eigenvalue weighted by molar-refractivity contribution is 5.97. The van der Waals surface area contributed by atoms with E-state index in [0.29, 0.717) is 18.7 Å². The first kappa shape index (κ1) is 14.3. The summed E-state index contributed by atoms with van der Waals surface area (Å²) < 4.78 is 5.46. The highest BCUT2D eigenvalue weighted by Gasteiger charge is 2.11. The van der Waals surface area contributed by atoms with Crippen molar-refractivity contribution in [3.05, 3.63) is 36.0 Å². The fraction of sp³-hybridized carbons (Fsp3) is 0.333. The first-order chi connectivity index (χ1) is 9.61. The van der Waals surface area contributed by atoms with Gasteiger partial charge in [-0.1, -0.05) is 18.2 Å². The van der Waals surface area contributed by atoms with Crippen molar-refractivity contribution in [1.29, 1.82) is 0 Å². The van der Waals surface area contributed by atoms with Gasteiger partial charge in [-0.05, 0) is 26.0 Å². The van der Waals surface area contributed by atoms with Gasteiger partial charge in [0.1, 0.15) is 0 Å². The van der Waals surface area contributed by atoms with Crippen molar-refractivity contribution in [2.75, 3.05) is 18.5 Å². The van der Waals surface area contributed by atoms with Gasteiger partial charge in [-0.3, -0.25) is 0 Å². The van der Waals surface area contributed by atoms with E-state index >= 15 is 0 Å². The van der Waals surface area contributed by atoms with Gasteiger partial charge in [-0.2, -0.15) is 0 Å². The van der Waals surface area contributed by atoms with E-state index in [2.05, 4.69) is 10.3 Å². The number of aromatic nitrogens is 1. The predicted molar refractivity (Wildman–Crippen MR) is 78.3 cm³/mol. The van der Waals surface area contributed by atoms with Gasteiger partial charge in [-0.15, -0.1) is 0 Å². The number of hydrogen-bond donors (Lipinski definition) is 2. The van der Waals surface area contributed by atoms with Crippen LogP contribution in [0.1, 0.15) is 24.3 Å². The third-order valence-electron chi connectivity index (χ3n) is 2.97. The number of pyridine rings is 1. The quantitative estimate of drug-likeness (QED) is 0.847. The van der Waals surface area contributed by atoms with E-state index in [1.807, 2.05) is 32.0 Å². The normalized spacial score (nSPS) is 12.3. The second-order valence-electron chi connectivity index (χ2n) is 4.52. The molecule has 0 amide bonds. The van der Waals surface area contributed by atoms with Crippen LogP contribution >= 0.6 is 0 Å². The van der Waals surface area contributed by atoms with Gasteiger partial charge < -0.3 is 15.2 Å². The molecule has 1 aromatic carbocycles. The van der Waals surface area contributed by atoms with Crippen molar-refractivity contribution in [2.45, 2.75) is 20.0 Å². The summed E-state index contributed by atoms with van der Waals surface area (Å²) >= 11 is 0. The van der Waals surface area contributed by atoms with Crippen LogP contribution in [0.25, 0.3) is 10.9 Å². The van der Waals surface area contributed by atoms with E-state index in [1.54, 1.807) is 12.1 Å². The number of rotatable bonds is 6. The average Bonchev–Trinajstić information content (AvgIpc) is 2.44. The summed E-state index contributed by atoms with van der Waals surface area (Å²) in [5.74, 6) is -1.03. The number of para-hydroxylation sites is 1. The molecule has 0 aliphatic carbocycles. The molecule has 0 radical (unpaired) electrons. The zero-order valence-corrected chi connectivity index (χ0v) is 11.6. The Bertz CT molecular complexity index is 613. The van der Waals surface area contributed by atoms with Crippen LogP contribution in [0.5, 0.6) is 0 Å². The van der Waals surface area contributed by atoms with E-state index in [1.165, 1.54) is 0 Å².